The van der Waals surface area contributed by atoms with Gasteiger partial charge in [0.2, 0.25) is 6.41 Å². The summed E-state index contributed by atoms with van der Waals surface area (Å²) in [5.41, 5.74) is 0.0341. The second-order valence-corrected chi connectivity index (χ2v) is 6.07. The molecule has 1 fully saturated rings. The predicted molar refractivity (Wildman–Crippen MR) is 77.0 cm³/mol. The van der Waals surface area contributed by atoms with Gasteiger partial charge in [-0.1, -0.05) is 0 Å². The van der Waals surface area contributed by atoms with Crippen molar-refractivity contribution in [2.24, 2.45) is 0 Å². The summed E-state index contributed by atoms with van der Waals surface area (Å²) in [5.74, 6) is -2.72. The largest absolute Gasteiger partial charge is 0.477 e. The van der Waals surface area contributed by atoms with Crippen molar-refractivity contribution >= 4 is 41.8 Å². The molecule has 0 aliphatic carbocycles. The van der Waals surface area contributed by atoms with E-state index in [0.29, 0.717) is 6.41 Å². The Morgan fingerprint density at radius 1 is 1.48 bits per heavy atom. The third kappa shape index (κ3) is 3.36. The van der Waals surface area contributed by atoms with E-state index in [2.05, 4.69) is 5.32 Å². The number of esters is 1. The highest BCUT2D eigenvalue weighted by Crippen LogP contribution is 2.40. The van der Waals surface area contributed by atoms with Crippen LogP contribution < -0.4 is 5.32 Å². The second-order valence-electron chi connectivity index (χ2n) is 4.97. The molecule has 0 saturated carbocycles. The highest BCUT2D eigenvalue weighted by atomic mass is 32.2. The first-order valence-corrected chi connectivity index (χ1v) is 7.66. The molecule has 10 heteroatoms. The maximum Gasteiger partial charge on any atom is 0.352 e. The van der Waals surface area contributed by atoms with Crippen LogP contribution in [-0.4, -0.2) is 63.8 Å². The summed E-state index contributed by atoms with van der Waals surface area (Å²) in [6.07, 6.45) is 0.00308. The number of hydrogen-bond donors (Lipinski definition) is 2. The Balaban J connectivity index is 2.13. The minimum Gasteiger partial charge on any atom is -0.477 e. The zero-order valence-corrected chi connectivity index (χ0v) is 12.9. The van der Waals surface area contributed by atoms with Crippen LogP contribution >= 0.6 is 11.8 Å². The van der Waals surface area contributed by atoms with Crippen molar-refractivity contribution in [3.63, 3.8) is 0 Å². The average molecular weight is 342 g/mol. The fraction of sp³-hybridized carbons (Fsp3) is 0.462. The Labute approximate surface area is 135 Å². The second kappa shape index (κ2) is 6.82. The van der Waals surface area contributed by atoms with Crippen LogP contribution in [0.4, 0.5) is 0 Å². The quantitative estimate of drug-likeness (QED) is 0.257. The molecule has 0 spiro atoms. The minimum atomic E-state index is -1.31. The van der Waals surface area contributed by atoms with Crippen LogP contribution in [0, 0.1) is 0 Å². The lowest BCUT2D eigenvalue weighted by Crippen LogP contribution is -2.69. The molecule has 2 aliphatic heterocycles. The number of nitrogens with one attached hydrogen (secondary N) is 1. The van der Waals surface area contributed by atoms with Crippen LogP contribution in [0.1, 0.15) is 13.3 Å². The lowest BCUT2D eigenvalue weighted by atomic mass is 10.0. The molecule has 2 N–H and O–H groups in total. The van der Waals surface area contributed by atoms with Gasteiger partial charge in [0.25, 0.3) is 5.91 Å². The molecular weight excluding hydrogens is 328 g/mol. The first kappa shape index (κ1) is 17.0. The summed E-state index contributed by atoms with van der Waals surface area (Å²) in [7, 11) is 0. The zero-order valence-electron chi connectivity index (χ0n) is 12.1. The highest BCUT2D eigenvalue weighted by molar-refractivity contribution is 8.00. The van der Waals surface area contributed by atoms with E-state index in [9.17, 15) is 29.1 Å². The summed E-state index contributed by atoms with van der Waals surface area (Å²) >= 11 is 1.26. The fourth-order valence-electron chi connectivity index (χ4n) is 2.31. The number of thioether (sulfide) groups is 1. The van der Waals surface area contributed by atoms with Gasteiger partial charge in [-0.15, -0.1) is 11.8 Å². The van der Waals surface area contributed by atoms with Gasteiger partial charge in [0.05, 0.1) is 0 Å². The fourth-order valence-corrected chi connectivity index (χ4v) is 3.65. The van der Waals surface area contributed by atoms with Crippen LogP contribution in [0.15, 0.2) is 11.3 Å². The highest BCUT2D eigenvalue weighted by Gasteiger charge is 2.53. The number of amides is 2. The Morgan fingerprint density at radius 2 is 2.17 bits per heavy atom. The molecule has 0 radical (unpaired) electrons. The number of ketones is 1. The molecular formula is C13H14N2O7S. The maximum absolute atomic E-state index is 12.0. The summed E-state index contributed by atoms with van der Waals surface area (Å²) < 4.78 is 4.89. The van der Waals surface area contributed by atoms with Gasteiger partial charge in [0.15, 0.2) is 0 Å². The van der Waals surface area contributed by atoms with E-state index in [4.69, 9.17) is 4.74 Å². The molecule has 2 rings (SSSR count). The number of aliphatic carboxylic acids is 1. The summed E-state index contributed by atoms with van der Waals surface area (Å²) in [6, 6.07) is -0.756. The third-order valence-electron chi connectivity index (χ3n) is 3.30. The van der Waals surface area contributed by atoms with E-state index in [1.807, 2.05) is 0 Å². The van der Waals surface area contributed by atoms with E-state index in [-0.39, 0.29) is 35.8 Å². The number of carbonyl (C=O) groups excluding carboxylic acids is 4. The number of nitrogens with zero attached hydrogens (tertiary/aromatic N) is 1. The summed E-state index contributed by atoms with van der Waals surface area (Å²) in [4.78, 5) is 57.2. The van der Waals surface area contributed by atoms with Gasteiger partial charge < -0.3 is 15.2 Å². The molecule has 2 heterocycles. The van der Waals surface area contributed by atoms with E-state index >= 15 is 0 Å². The molecule has 0 aromatic rings. The minimum absolute atomic E-state index is 0.237. The number of hydrogen-bond acceptors (Lipinski definition) is 7. The van der Waals surface area contributed by atoms with Crippen LogP contribution in [0.2, 0.25) is 0 Å². The Morgan fingerprint density at radius 3 is 2.74 bits per heavy atom. The lowest BCUT2D eigenvalue weighted by Gasteiger charge is -2.48. The van der Waals surface area contributed by atoms with E-state index in [0.717, 1.165) is 4.90 Å². The smallest absolute Gasteiger partial charge is 0.352 e. The van der Waals surface area contributed by atoms with Crippen molar-refractivity contribution in [3.8, 4) is 0 Å². The number of β-lactam (4-membered cyclic amide) rings is 1. The molecule has 0 bridgehead atoms. The monoisotopic (exact) mass is 342 g/mol. The zero-order chi connectivity index (χ0) is 17.1. The van der Waals surface area contributed by atoms with E-state index in [1.54, 1.807) is 0 Å². The first-order valence-electron chi connectivity index (χ1n) is 6.61. The number of rotatable bonds is 7. The Bertz CT molecular complexity index is 615. The lowest BCUT2D eigenvalue weighted by molar-refractivity contribution is -0.150. The summed E-state index contributed by atoms with van der Waals surface area (Å²) in [5, 5.41) is 11.2. The van der Waals surface area contributed by atoms with Crippen molar-refractivity contribution in [1.29, 1.82) is 0 Å². The molecule has 1 saturated heterocycles. The van der Waals surface area contributed by atoms with E-state index < -0.39 is 29.3 Å². The van der Waals surface area contributed by atoms with E-state index in [1.165, 1.54) is 18.7 Å². The number of Topliss-reactive ketones (excluding diaryl/α,β-unsaturated/α-hetero) is 1. The standard InChI is InChI=1S/C13H14N2O7S/c1-6(17)2-8(18)22-3-7-4-23-12-9(14-5-16)11(19)15(12)10(7)13(20)21/h5,9,12H,2-4H2,1H3,(H,14,16)(H,20,21)/t9-,12+/m1/s1. The van der Waals surface area contributed by atoms with Crippen molar-refractivity contribution < 1.29 is 33.8 Å². The number of fused-ring (bicyclic) bond motifs is 1. The SMILES string of the molecule is CC(=O)CC(=O)OCC1=C(C(=O)O)N2C(=O)[C@@H](NC=O)[C@@H]2SC1. The van der Waals surface area contributed by atoms with Crippen molar-refractivity contribution in [2.75, 3.05) is 12.4 Å². The Kier molecular flexibility index (Phi) is 5.04. The van der Waals surface area contributed by atoms with Crippen molar-refractivity contribution in [1.82, 2.24) is 10.2 Å². The topological polar surface area (TPSA) is 130 Å². The van der Waals surface area contributed by atoms with Crippen molar-refractivity contribution in [3.05, 3.63) is 11.3 Å². The Hall–Kier alpha value is -2.36. The maximum atomic E-state index is 12.0. The number of carbonyl (C=O) groups is 5. The van der Waals surface area contributed by atoms with Crippen LogP contribution in [-0.2, 0) is 28.7 Å². The van der Waals surface area contributed by atoms with Gasteiger partial charge in [-0.3, -0.25) is 24.1 Å². The molecule has 23 heavy (non-hydrogen) atoms. The number of carboxylic acids is 1. The predicted octanol–water partition coefficient (Wildman–Crippen LogP) is -1.12. The molecule has 9 nitrogen and oxygen atoms in total. The molecule has 2 aliphatic rings. The first-order chi connectivity index (χ1) is 10.9. The molecule has 2 amide bonds. The molecule has 2 atom stereocenters. The third-order valence-corrected chi connectivity index (χ3v) is 4.64. The van der Waals surface area contributed by atoms with Gasteiger partial charge in [-0.05, 0) is 6.92 Å². The van der Waals surface area contributed by atoms with Gasteiger partial charge in [0, 0.05) is 11.3 Å². The van der Waals surface area contributed by atoms with Crippen LogP contribution in [0.5, 0.6) is 0 Å². The molecule has 0 aromatic heterocycles. The van der Waals surface area contributed by atoms with Crippen LogP contribution in [0.3, 0.4) is 0 Å². The van der Waals surface area contributed by atoms with Crippen molar-refractivity contribution in [2.45, 2.75) is 24.8 Å². The normalized spacial score (nSPS) is 22.8. The molecule has 124 valence electrons. The molecule has 0 unspecified atom stereocenters. The van der Waals surface area contributed by atoms with Gasteiger partial charge >= 0.3 is 11.9 Å². The number of ether oxygens (including phenoxy) is 1. The number of carboxylic acid groups (broad SMARTS) is 1. The van der Waals surface area contributed by atoms with Gasteiger partial charge in [-0.2, -0.15) is 0 Å². The summed E-state index contributed by atoms with van der Waals surface area (Å²) in [6.45, 7) is 0.937. The van der Waals surface area contributed by atoms with Gasteiger partial charge in [0.1, 0.15) is 35.9 Å². The van der Waals surface area contributed by atoms with Gasteiger partial charge in [-0.25, -0.2) is 4.79 Å². The molecule has 0 aromatic carbocycles. The van der Waals surface area contributed by atoms with Crippen LogP contribution in [0.25, 0.3) is 0 Å². The average Bonchev–Trinajstić information content (AvgIpc) is 2.48.